The predicted molar refractivity (Wildman–Crippen MR) is 72.2 cm³/mol. The van der Waals surface area contributed by atoms with Crippen molar-refractivity contribution in [2.24, 2.45) is 0 Å². The molecule has 0 fully saturated rings. The van der Waals surface area contributed by atoms with Crippen molar-refractivity contribution >= 4 is 5.97 Å². The fourth-order valence-corrected chi connectivity index (χ4v) is 1.97. The Balaban J connectivity index is 1.87. The first-order chi connectivity index (χ1) is 9.18. The Labute approximate surface area is 112 Å². The summed E-state index contributed by atoms with van der Waals surface area (Å²) in [6.45, 7) is 3.32. The van der Waals surface area contributed by atoms with E-state index in [1.54, 1.807) is 0 Å². The average molecular weight is 259 g/mol. The molecule has 0 saturated carbocycles. The van der Waals surface area contributed by atoms with Crippen LogP contribution in [0.4, 0.5) is 0 Å². The van der Waals surface area contributed by atoms with Crippen LogP contribution >= 0.6 is 0 Å². The normalized spacial score (nSPS) is 12.3. The summed E-state index contributed by atoms with van der Waals surface area (Å²) in [5.41, 5.74) is 1.48. The highest BCUT2D eigenvalue weighted by atomic mass is 16.4. The SMILES string of the molecule is CC(CNCc1occc1C(=O)O)c1ccccc1. The number of hydrogen-bond donors (Lipinski definition) is 2. The molecule has 0 aliphatic carbocycles. The topological polar surface area (TPSA) is 62.5 Å². The maximum atomic E-state index is 10.9. The van der Waals surface area contributed by atoms with Crippen LogP contribution in [0.5, 0.6) is 0 Å². The Morgan fingerprint density at radius 2 is 2.05 bits per heavy atom. The van der Waals surface area contributed by atoms with Crippen molar-refractivity contribution < 1.29 is 14.3 Å². The molecule has 4 nitrogen and oxygen atoms in total. The second-order valence-electron chi connectivity index (χ2n) is 4.51. The molecule has 1 heterocycles. The first kappa shape index (κ1) is 13.4. The zero-order valence-electron chi connectivity index (χ0n) is 10.8. The Morgan fingerprint density at radius 3 is 2.74 bits per heavy atom. The lowest BCUT2D eigenvalue weighted by Gasteiger charge is -2.12. The first-order valence-electron chi connectivity index (χ1n) is 6.24. The van der Waals surface area contributed by atoms with Gasteiger partial charge in [0.15, 0.2) is 0 Å². The maximum Gasteiger partial charge on any atom is 0.339 e. The molecule has 4 heteroatoms. The molecule has 1 unspecified atom stereocenters. The van der Waals surface area contributed by atoms with Crippen molar-refractivity contribution in [2.45, 2.75) is 19.4 Å². The quantitative estimate of drug-likeness (QED) is 0.837. The number of furan rings is 1. The van der Waals surface area contributed by atoms with Gasteiger partial charge >= 0.3 is 5.97 Å². The number of benzene rings is 1. The van der Waals surface area contributed by atoms with Crippen LogP contribution in [-0.2, 0) is 6.54 Å². The molecule has 0 radical (unpaired) electrons. The minimum atomic E-state index is -0.957. The molecule has 0 amide bonds. The molecule has 2 N–H and O–H groups in total. The number of nitrogens with one attached hydrogen (secondary N) is 1. The summed E-state index contributed by atoms with van der Waals surface area (Å²) in [6.07, 6.45) is 1.40. The molecule has 2 aromatic rings. The van der Waals surface area contributed by atoms with Gasteiger partial charge in [-0.2, -0.15) is 0 Å². The molecule has 100 valence electrons. The zero-order valence-corrected chi connectivity index (χ0v) is 10.8. The average Bonchev–Trinajstić information content (AvgIpc) is 2.88. The molecular formula is C15H17NO3. The highest BCUT2D eigenvalue weighted by molar-refractivity contribution is 5.88. The number of carboxylic acids is 1. The van der Waals surface area contributed by atoms with Crippen LogP contribution in [0.15, 0.2) is 47.1 Å². The highest BCUT2D eigenvalue weighted by Gasteiger charge is 2.13. The molecule has 0 saturated heterocycles. The van der Waals surface area contributed by atoms with Gasteiger partial charge in [0, 0.05) is 6.54 Å². The standard InChI is InChI=1S/C15H17NO3/c1-11(12-5-3-2-4-6-12)9-16-10-14-13(15(17)18)7-8-19-14/h2-8,11,16H,9-10H2,1H3,(H,17,18). The molecular weight excluding hydrogens is 242 g/mol. The fourth-order valence-electron chi connectivity index (χ4n) is 1.97. The van der Waals surface area contributed by atoms with Gasteiger partial charge in [0.2, 0.25) is 0 Å². The molecule has 1 aromatic carbocycles. The Hall–Kier alpha value is -2.07. The molecule has 0 spiro atoms. The third-order valence-electron chi connectivity index (χ3n) is 3.08. The van der Waals surface area contributed by atoms with E-state index in [1.165, 1.54) is 17.9 Å². The van der Waals surface area contributed by atoms with Gasteiger partial charge in [0.25, 0.3) is 0 Å². The summed E-state index contributed by atoms with van der Waals surface area (Å²) in [4.78, 5) is 10.9. The fraction of sp³-hybridized carbons (Fsp3) is 0.267. The third-order valence-corrected chi connectivity index (χ3v) is 3.08. The number of aromatic carboxylic acids is 1. The molecule has 19 heavy (non-hydrogen) atoms. The lowest BCUT2D eigenvalue weighted by Crippen LogP contribution is -2.20. The number of hydrogen-bond acceptors (Lipinski definition) is 3. The smallest absolute Gasteiger partial charge is 0.339 e. The van der Waals surface area contributed by atoms with Crippen molar-refractivity contribution in [2.75, 3.05) is 6.54 Å². The Bertz CT molecular complexity index is 533. The van der Waals surface area contributed by atoms with Gasteiger partial charge in [0.1, 0.15) is 11.3 Å². The lowest BCUT2D eigenvalue weighted by molar-refractivity contribution is 0.0694. The molecule has 1 aromatic heterocycles. The summed E-state index contributed by atoms with van der Waals surface area (Å²) in [6, 6.07) is 11.7. The molecule has 0 aliphatic rings. The van der Waals surface area contributed by atoms with E-state index in [2.05, 4.69) is 24.4 Å². The van der Waals surface area contributed by atoms with Crippen LogP contribution in [0, 0.1) is 0 Å². The van der Waals surface area contributed by atoms with Gasteiger partial charge < -0.3 is 14.8 Å². The van der Waals surface area contributed by atoms with E-state index >= 15 is 0 Å². The van der Waals surface area contributed by atoms with Crippen LogP contribution in [0.25, 0.3) is 0 Å². The van der Waals surface area contributed by atoms with E-state index < -0.39 is 5.97 Å². The predicted octanol–water partition coefficient (Wildman–Crippen LogP) is 2.87. The van der Waals surface area contributed by atoms with Crippen molar-refractivity contribution in [3.8, 4) is 0 Å². The Morgan fingerprint density at radius 1 is 1.32 bits per heavy atom. The summed E-state index contributed by atoms with van der Waals surface area (Å²) in [5.74, 6) is -0.126. The van der Waals surface area contributed by atoms with Crippen molar-refractivity contribution in [3.05, 3.63) is 59.5 Å². The minimum absolute atomic E-state index is 0.222. The van der Waals surface area contributed by atoms with Gasteiger partial charge in [-0.25, -0.2) is 4.79 Å². The maximum absolute atomic E-state index is 10.9. The molecule has 2 rings (SSSR count). The van der Waals surface area contributed by atoms with E-state index in [1.807, 2.05) is 18.2 Å². The largest absolute Gasteiger partial charge is 0.478 e. The van der Waals surface area contributed by atoms with Crippen molar-refractivity contribution in [1.29, 1.82) is 0 Å². The summed E-state index contributed by atoms with van der Waals surface area (Å²) in [7, 11) is 0. The van der Waals surface area contributed by atoms with Crippen LogP contribution < -0.4 is 5.32 Å². The van der Waals surface area contributed by atoms with Gasteiger partial charge in [-0.3, -0.25) is 0 Å². The molecule has 0 bridgehead atoms. The van der Waals surface area contributed by atoms with Crippen LogP contribution in [0.2, 0.25) is 0 Å². The van der Waals surface area contributed by atoms with Crippen LogP contribution in [0.1, 0.15) is 34.5 Å². The van der Waals surface area contributed by atoms with E-state index in [4.69, 9.17) is 9.52 Å². The minimum Gasteiger partial charge on any atom is -0.478 e. The monoisotopic (exact) mass is 259 g/mol. The zero-order chi connectivity index (χ0) is 13.7. The van der Waals surface area contributed by atoms with E-state index in [9.17, 15) is 4.79 Å². The number of rotatable bonds is 6. The molecule has 1 atom stereocenters. The van der Waals surface area contributed by atoms with E-state index in [0.29, 0.717) is 18.2 Å². The number of carbonyl (C=O) groups is 1. The van der Waals surface area contributed by atoms with E-state index in [0.717, 1.165) is 6.54 Å². The second kappa shape index (κ2) is 6.20. The summed E-state index contributed by atoms with van der Waals surface area (Å²) >= 11 is 0. The van der Waals surface area contributed by atoms with Gasteiger partial charge in [0.05, 0.1) is 12.8 Å². The summed E-state index contributed by atoms with van der Waals surface area (Å²) < 4.78 is 5.17. The third kappa shape index (κ3) is 3.45. The Kier molecular flexibility index (Phi) is 4.36. The molecule has 0 aliphatic heterocycles. The first-order valence-corrected chi connectivity index (χ1v) is 6.24. The van der Waals surface area contributed by atoms with Crippen molar-refractivity contribution in [3.63, 3.8) is 0 Å². The van der Waals surface area contributed by atoms with E-state index in [-0.39, 0.29) is 5.56 Å². The van der Waals surface area contributed by atoms with Gasteiger partial charge in [-0.15, -0.1) is 0 Å². The van der Waals surface area contributed by atoms with Crippen LogP contribution in [0.3, 0.4) is 0 Å². The highest BCUT2D eigenvalue weighted by Crippen LogP contribution is 2.14. The lowest BCUT2D eigenvalue weighted by atomic mass is 10.0. The van der Waals surface area contributed by atoms with Crippen LogP contribution in [-0.4, -0.2) is 17.6 Å². The van der Waals surface area contributed by atoms with Gasteiger partial charge in [-0.05, 0) is 17.5 Å². The number of carboxylic acid groups (broad SMARTS) is 1. The second-order valence-corrected chi connectivity index (χ2v) is 4.51. The van der Waals surface area contributed by atoms with Crippen molar-refractivity contribution in [1.82, 2.24) is 5.32 Å². The summed E-state index contributed by atoms with van der Waals surface area (Å²) in [5, 5.41) is 12.2. The van der Waals surface area contributed by atoms with Gasteiger partial charge in [-0.1, -0.05) is 37.3 Å².